The van der Waals surface area contributed by atoms with Crippen molar-refractivity contribution in [3.8, 4) is 28.7 Å². The van der Waals surface area contributed by atoms with Gasteiger partial charge in [-0.15, -0.1) is 0 Å². The smallest absolute Gasteiger partial charge is 0.182 e. The van der Waals surface area contributed by atoms with Crippen molar-refractivity contribution in [2.24, 2.45) is 0 Å². The van der Waals surface area contributed by atoms with E-state index in [-0.39, 0.29) is 23.2 Å². The fraction of sp³-hybridized carbons (Fsp3) is 0.156. The minimum absolute atomic E-state index is 0.0379. The number of methoxy groups -OCH3 is 2. The molecular formula is C32H26O7. The van der Waals surface area contributed by atoms with Crippen LogP contribution in [-0.4, -0.2) is 36.8 Å². The van der Waals surface area contributed by atoms with Crippen LogP contribution in [0.25, 0.3) is 5.57 Å². The van der Waals surface area contributed by atoms with Crippen molar-refractivity contribution in [2.75, 3.05) is 20.8 Å². The zero-order chi connectivity index (χ0) is 27.1. The van der Waals surface area contributed by atoms with Gasteiger partial charge in [0.1, 0.15) is 40.3 Å². The molecule has 0 bridgehead atoms. The largest absolute Gasteiger partial charge is 0.508 e. The van der Waals surface area contributed by atoms with Gasteiger partial charge in [0, 0.05) is 35.3 Å². The number of carbonyl (C=O) groups is 1. The van der Waals surface area contributed by atoms with E-state index in [1.807, 2.05) is 36.4 Å². The number of phenols is 2. The average molecular weight is 523 g/mol. The number of ether oxygens (including phenoxy) is 4. The molecule has 1 atom stereocenters. The van der Waals surface area contributed by atoms with Crippen LogP contribution in [0, 0.1) is 0 Å². The van der Waals surface area contributed by atoms with Gasteiger partial charge in [-0.2, -0.15) is 0 Å². The Morgan fingerprint density at radius 3 is 2.46 bits per heavy atom. The number of rotatable bonds is 4. The van der Waals surface area contributed by atoms with Crippen molar-refractivity contribution in [3.63, 3.8) is 0 Å². The van der Waals surface area contributed by atoms with Gasteiger partial charge in [0.05, 0.1) is 26.4 Å². The van der Waals surface area contributed by atoms with Crippen molar-refractivity contribution >= 4 is 11.4 Å². The van der Waals surface area contributed by atoms with Crippen LogP contribution in [0.4, 0.5) is 0 Å². The van der Waals surface area contributed by atoms with Crippen LogP contribution in [0.15, 0.2) is 96.0 Å². The lowest BCUT2D eigenvalue weighted by molar-refractivity contribution is -0.110. The highest BCUT2D eigenvalue weighted by atomic mass is 16.5. The van der Waals surface area contributed by atoms with Crippen LogP contribution in [0.1, 0.15) is 28.2 Å². The van der Waals surface area contributed by atoms with Crippen LogP contribution in [-0.2, 0) is 16.0 Å². The van der Waals surface area contributed by atoms with E-state index in [1.54, 1.807) is 31.4 Å². The Labute approximate surface area is 225 Å². The summed E-state index contributed by atoms with van der Waals surface area (Å²) in [5.41, 5.74) is 5.07. The van der Waals surface area contributed by atoms with E-state index < -0.39 is 0 Å². The number of benzene rings is 3. The summed E-state index contributed by atoms with van der Waals surface area (Å²) in [6.07, 6.45) is 7.18. The molecule has 0 spiro atoms. The molecule has 0 radical (unpaired) electrons. The van der Waals surface area contributed by atoms with Crippen molar-refractivity contribution in [1.29, 1.82) is 0 Å². The number of aromatic hydroxyl groups is 2. The van der Waals surface area contributed by atoms with Crippen LogP contribution in [0.5, 0.6) is 28.7 Å². The molecular weight excluding hydrogens is 496 g/mol. The predicted octanol–water partition coefficient (Wildman–Crippen LogP) is 5.57. The molecule has 39 heavy (non-hydrogen) atoms. The molecule has 7 heteroatoms. The lowest BCUT2D eigenvalue weighted by Gasteiger charge is -2.30. The standard InChI is InChI=1S/C32H26O7/c1-36-23-8-10-24(28(35)14-23)20-11-19-12-27-26(18-3-5-21(33)6-4-18)15-31(39-32(27)16-29(19)38-17-20)25-9-7-22(34)13-30(25)37-2/h3-10,12-16,20,33,35H,11,17H2,1-2H3. The topological polar surface area (TPSA) is 94.5 Å². The maximum absolute atomic E-state index is 11.9. The van der Waals surface area contributed by atoms with Gasteiger partial charge in [0.25, 0.3) is 0 Å². The van der Waals surface area contributed by atoms with Gasteiger partial charge >= 0.3 is 0 Å². The van der Waals surface area contributed by atoms with Gasteiger partial charge < -0.3 is 29.2 Å². The molecule has 7 nitrogen and oxygen atoms in total. The highest BCUT2D eigenvalue weighted by molar-refractivity contribution is 6.02. The normalized spacial score (nSPS) is 19.6. The predicted molar refractivity (Wildman–Crippen MR) is 145 cm³/mol. The number of allylic oxidation sites excluding steroid dienone is 4. The van der Waals surface area contributed by atoms with Crippen molar-refractivity contribution < 1.29 is 34.0 Å². The SMILES string of the molecule is COC1=CC(=O)C=CC1=C1C=C(c2ccc(O)cc2)c2cc3c(cc2O1)OCC(c1ccc(OC)cc1O)C3. The molecule has 0 saturated carbocycles. The maximum atomic E-state index is 11.9. The van der Waals surface area contributed by atoms with Gasteiger partial charge in [-0.05, 0) is 65.6 Å². The van der Waals surface area contributed by atoms with E-state index in [4.69, 9.17) is 18.9 Å². The molecule has 3 aromatic carbocycles. The number of phenolic OH excluding ortho intramolecular Hbond substituents is 2. The molecule has 2 aliphatic heterocycles. The zero-order valence-electron chi connectivity index (χ0n) is 21.4. The third-order valence-corrected chi connectivity index (χ3v) is 7.15. The van der Waals surface area contributed by atoms with E-state index in [1.165, 1.54) is 19.3 Å². The molecule has 1 aliphatic carbocycles. The fourth-order valence-corrected chi connectivity index (χ4v) is 5.15. The van der Waals surface area contributed by atoms with E-state index in [9.17, 15) is 15.0 Å². The average Bonchev–Trinajstić information content (AvgIpc) is 2.95. The van der Waals surface area contributed by atoms with Gasteiger partial charge in [0.15, 0.2) is 5.78 Å². The number of ketones is 1. The lowest BCUT2D eigenvalue weighted by atomic mass is 9.86. The second kappa shape index (κ2) is 9.76. The van der Waals surface area contributed by atoms with E-state index in [0.717, 1.165) is 27.8 Å². The minimum atomic E-state index is -0.157. The first kappa shape index (κ1) is 24.4. The molecule has 2 N–H and O–H groups in total. The molecule has 196 valence electrons. The Balaban J connectivity index is 1.44. The van der Waals surface area contributed by atoms with E-state index in [2.05, 4.69) is 6.07 Å². The van der Waals surface area contributed by atoms with Crippen molar-refractivity contribution in [2.45, 2.75) is 12.3 Å². The van der Waals surface area contributed by atoms with Crippen LogP contribution in [0.3, 0.4) is 0 Å². The quantitative estimate of drug-likeness (QED) is 0.463. The Morgan fingerprint density at radius 2 is 1.72 bits per heavy atom. The second-order valence-corrected chi connectivity index (χ2v) is 9.53. The molecule has 3 aliphatic rings. The second-order valence-electron chi connectivity index (χ2n) is 9.53. The Hall–Kier alpha value is -4.91. The van der Waals surface area contributed by atoms with Gasteiger partial charge in [-0.3, -0.25) is 4.79 Å². The fourth-order valence-electron chi connectivity index (χ4n) is 5.15. The first-order valence-electron chi connectivity index (χ1n) is 12.5. The van der Waals surface area contributed by atoms with Crippen molar-refractivity contribution in [1.82, 2.24) is 0 Å². The zero-order valence-corrected chi connectivity index (χ0v) is 21.4. The Bertz CT molecular complexity index is 1610. The minimum Gasteiger partial charge on any atom is -0.508 e. The first-order valence-corrected chi connectivity index (χ1v) is 12.5. The monoisotopic (exact) mass is 522 g/mol. The molecule has 6 rings (SSSR count). The van der Waals surface area contributed by atoms with Gasteiger partial charge in [-0.25, -0.2) is 0 Å². The molecule has 2 heterocycles. The van der Waals surface area contributed by atoms with Gasteiger partial charge in [0.2, 0.25) is 0 Å². The highest BCUT2D eigenvalue weighted by Gasteiger charge is 2.29. The van der Waals surface area contributed by atoms with Crippen LogP contribution in [0.2, 0.25) is 0 Å². The van der Waals surface area contributed by atoms with Crippen LogP contribution >= 0.6 is 0 Å². The summed E-state index contributed by atoms with van der Waals surface area (Å²) in [5, 5.41) is 20.5. The summed E-state index contributed by atoms with van der Waals surface area (Å²) in [7, 11) is 3.08. The molecule has 0 saturated heterocycles. The maximum Gasteiger partial charge on any atom is 0.182 e. The molecule has 0 fully saturated rings. The number of fused-ring (bicyclic) bond motifs is 2. The van der Waals surface area contributed by atoms with Crippen LogP contribution < -0.4 is 14.2 Å². The summed E-state index contributed by atoms with van der Waals surface area (Å²) >= 11 is 0. The van der Waals surface area contributed by atoms with E-state index in [0.29, 0.717) is 47.4 Å². The van der Waals surface area contributed by atoms with Crippen molar-refractivity contribution in [3.05, 3.63) is 118 Å². The molecule has 3 aromatic rings. The molecule has 1 unspecified atom stereocenters. The summed E-state index contributed by atoms with van der Waals surface area (Å²) in [6, 6.07) is 16.2. The first-order chi connectivity index (χ1) is 18.9. The van der Waals surface area contributed by atoms with E-state index >= 15 is 0 Å². The van der Waals surface area contributed by atoms with Gasteiger partial charge in [-0.1, -0.05) is 18.2 Å². The highest BCUT2D eigenvalue weighted by Crippen LogP contribution is 2.45. The lowest BCUT2D eigenvalue weighted by Crippen LogP contribution is -2.20. The molecule has 0 aromatic heterocycles. The third kappa shape index (κ3) is 4.52. The number of hydrogen-bond donors (Lipinski definition) is 2. The summed E-state index contributed by atoms with van der Waals surface area (Å²) in [4.78, 5) is 11.9. The summed E-state index contributed by atoms with van der Waals surface area (Å²) in [5.74, 6) is 3.01. The summed E-state index contributed by atoms with van der Waals surface area (Å²) in [6.45, 7) is 0.404. The molecule has 0 amide bonds. The summed E-state index contributed by atoms with van der Waals surface area (Å²) < 4.78 is 23.3. The number of carbonyl (C=O) groups excluding carboxylic acids is 1. The number of hydrogen-bond acceptors (Lipinski definition) is 7. The Kier molecular flexibility index (Phi) is 6.11. The Morgan fingerprint density at radius 1 is 0.897 bits per heavy atom. The third-order valence-electron chi connectivity index (χ3n) is 7.15.